The number of carbonyl (C=O) groups is 1. The van der Waals surface area contributed by atoms with Gasteiger partial charge in [0.25, 0.3) is 0 Å². The van der Waals surface area contributed by atoms with Crippen molar-refractivity contribution >= 4 is 29.2 Å². The Morgan fingerprint density at radius 2 is 0.818 bits per heavy atom. The van der Waals surface area contributed by atoms with Gasteiger partial charge in [-0.25, -0.2) is 0 Å². The Morgan fingerprint density at radius 1 is 0.545 bits per heavy atom. The summed E-state index contributed by atoms with van der Waals surface area (Å²) in [6, 6.07) is 31.6. The molecule has 3 aromatic rings. The number of benzene rings is 3. The van der Waals surface area contributed by atoms with Gasteiger partial charge in [-0.2, -0.15) is 0 Å². The third-order valence-corrected chi connectivity index (χ3v) is 7.95. The fourth-order valence-electron chi connectivity index (χ4n) is 2.81. The first-order valence-electron chi connectivity index (χ1n) is 7.01. The zero-order valence-corrected chi connectivity index (χ0v) is 15.4. The number of hydrogen-bond acceptors (Lipinski definition) is 1. The number of hydrogen-bond donors (Lipinski definition) is 0. The van der Waals surface area contributed by atoms with Gasteiger partial charge in [-0.3, -0.25) is 0 Å². The third-order valence-electron chi connectivity index (χ3n) is 3.86. The quantitative estimate of drug-likeness (QED) is 0.411. The summed E-state index contributed by atoms with van der Waals surface area (Å²) in [5.41, 5.74) is 0. The maximum absolute atomic E-state index is 12.3. The Labute approximate surface area is 145 Å². The molecule has 22 heavy (non-hydrogen) atoms. The van der Waals surface area contributed by atoms with Crippen molar-refractivity contribution in [2.75, 3.05) is 0 Å². The van der Waals surface area contributed by atoms with Gasteiger partial charge >= 0.3 is 125 Å². The molecule has 0 aliphatic carbocycles. The van der Waals surface area contributed by atoms with Gasteiger partial charge in [0.2, 0.25) is 0 Å². The molecule has 1 nitrogen and oxygen atoms in total. The van der Waals surface area contributed by atoms with E-state index in [0.717, 1.165) is 15.9 Å². The topological polar surface area (TPSA) is 17.1 Å². The molecule has 0 unspecified atom stereocenters. The molecule has 113 valence electrons. The largest absolute Gasteiger partial charge is 0 e. The van der Waals surface area contributed by atoms with Gasteiger partial charge in [0, 0.05) is 20.1 Å². The molecule has 3 heteroatoms. The van der Waals surface area contributed by atoms with Crippen molar-refractivity contribution in [2.24, 2.45) is 0 Å². The molecule has 3 rings (SSSR count). The van der Waals surface area contributed by atoms with Gasteiger partial charge in [-0.15, -0.1) is 0 Å². The first kappa shape index (κ1) is 16.8. The average molecular weight is 485 g/mol. The van der Waals surface area contributed by atoms with Gasteiger partial charge in [0.1, 0.15) is 0 Å². The summed E-state index contributed by atoms with van der Waals surface area (Å²) < 4.78 is 0. The standard InChI is InChI=1S/C19H17OP.Ir/c20-16-21(17-10-4-1-5-11-17,18-12-6-2-7-13-18)19-14-8-3-9-15-19;/h1-16,21H;. The summed E-state index contributed by atoms with van der Waals surface area (Å²) in [6.07, 6.45) is 0. The Bertz CT molecular complexity index is 618. The van der Waals surface area contributed by atoms with Crippen molar-refractivity contribution in [3.05, 3.63) is 91.0 Å². The number of rotatable bonds is 4. The average Bonchev–Trinajstić information content (AvgIpc) is 2.59. The smallest absolute Gasteiger partial charge is 0 e. The second-order valence-corrected chi connectivity index (χ2v) is 8.61. The van der Waals surface area contributed by atoms with E-state index in [9.17, 15) is 4.79 Å². The molecule has 0 N–H and O–H groups in total. The molecule has 0 aliphatic heterocycles. The Morgan fingerprint density at radius 3 is 1.05 bits per heavy atom. The van der Waals surface area contributed by atoms with Crippen molar-refractivity contribution in [3.8, 4) is 0 Å². The maximum Gasteiger partial charge on any atom is 0 e. The predicted octanol–water partition coefficient (Wildman–Crippen LogP) is 2.90. The molecule has 0 spiro atoms. The first-order valence-corrected chi connectivity index (χ1v) is 9.08. The molecule has 0 atom stereocenters. The van der Waals surface area contributed by atoms with E-state index in [1.54, 1.807) is 0 Å². The summed E-state index contributed by atoms with van der Waals surface area (Å²) in [5, 5.41) is 3.37. The van der Waals surface area contributed by atoms with E-state index in [-0.39, 0.29) is 20.1 Å². The molecule has 1 radical (unpaired) electrons. The van der Waals surface area contributed by atoms with E-state index in [1.807, 2.05) is 54.6 Å². The normalized spacial score (nSPS) is 11.3. The van der Waals surface area contributed by atoms with Crippen LogP contribution in [0.25, 0.3) is 0 Å². The van der Waals surface area contributed by atoms with Crippen molar-refractivity contribution < 1.29 is 24.9 Å². The van der Waals surface area contributed by atoms with Crippen LogP contribution in [0.4, 0.5) is 0 Å². The molecule has 0 heterocycles. The Balaban J connectivity index is 0.00000176. The molecule has 0 amide bonds. The molecule has 0 aromatic heterocycles. The molecule has 0 aliphatic rings. The monoisotopic (exact) mass is 485 g/mol. The second-order valence-electron chi connectivity index (χ2n) is 5.02. The van der Waals surface area contributed by atoms with E-state index < -0.39 is 7.26 Å². The first-order chi connectivity index (χ1) is 10.4. The van der Waals surface area contributed by atoms with Crippen LogP contribution in [0.5, 0.6) is 0 Å². The summed E-state index contributed by atoms with van der Waals surface area (Å²) in [6.45, 7) is 0. The zero-order chi connectivity index (χ0) is 14.5. The van der Waals surface area contributed by atoms with Gasteiger partial charge < -0.3 is 0 Å². The van der Waals surface area contributed by atoms with Crippen molar-refractivity contribution in [1.29, 1.82) is 0 Å². The van der Waals surface area contributed by atoms with E-state index in [0.29, 0.717) is 0 Å². The van der Waals surface area contributed by atoms with Crippen LogP contribution in [0.2, 0.25) is 0 Å². The van der Waals surface area contributed by atoms with E-state index in [4.69, 9.17) is 0 Å². The van der Waals surface area contributed by atoms with Crippen molar-refractivity contribution in [3.63, 3.8) is 0 Å². The minimum Gasteiger partial charge on any atom is 0 e. The molecule has 3 aromatic carbocycles. The molecule has 0 saturated heterocycles. The van der Waals surface area contributed by atoms with Crippen LogP contribution in [0, 0.1) is 0 Å². The van der Waals surface area contributed by atoms with Crippen molar-refractivity contribution in [2.45, 2.75) is 0 Å². The maximum atomic E-state index is 12.3. The second kappa shape index (κ2) is 7.61. The van der Waals surface area contributed by atoms with Crippen LogP contribution in [-0.2, 0) is 24.9 Å². The van der Waals surface area contributed by atoms with E-state index >= 15 is 0 Å². The van der Waals surface area contributed by atoms with Crippen LogP contribution >= 0.6 is 7.26 Å². The third kappa shape index (κ3) is 2.96. The van der Waals surface area contributed by atoms with E-state index in [1.165, 1.54) is 6.03 Å². The van der Waals surface area contributed by atoms with Crippen LogP contribution in [0.3, 0.4) is 0 Å². The Kier molecular flexibility index (Phi) is 5.80. The number of carbonyl (C=O) groups excluding carboxylic acids is 1. The van der Waals surface area contributed by atoms with Crippen LogP contribution in [0.15, 0.2) is 91.0 Å². The van der Waals surface area contributed by atoms with Gasteiger partial charge in [0.05, 0.1) is 0 Å². The van der Waals surface area contributed by atoms with E-state index in [2.05, 4.69) is 36.4 Å². The summed E-state index contributed by atoms with van der Waals surface area (Å²) in [7, 11) is -2.58. The van der Waals surface area contributed by atoms with Gasteiger partial charge in [-0.1, -0.05) is 0 Å². The summed E-state index contributed by atoms with van der Waals surface area (Å²) in [5.74, 6) is 0. The summed E-state index contributed by atoms with van der Waals surface area (Å²) in [4.78, 5) is 12.3. The molecule has 0 saturated carbocycles. The molecule has 0 fully saturated rings. The van der Waals surface area contributed by atoms with Crippen LogP contribution in [0.1, 0.15) is 0 Å². The van der Waals surface area contributed by atoms with Crippen LogP contribution < -0.4 is 15.9 Å². The Hall–Kier alpha value is -1.59. The summed E-state index contributed by atoms with van der Waals surface area (Å²) >= 11 is 0. The fraction of sp³-hybridized carbons (Fsp3) is 0. The molecule has 0 bridgehead atoms. The van der Waals surface area contributed by atoms with Gasteiger partial charge in [-0.05, 0) is 0 Å². The van der Waals surface area contributed by atoms with Crippen molar-refractivity contribution in [1.82, 2.24) is 0 Å². The zero-order valence-electron chi connectivity index (χ0n) is 12.0. The van der Waals surface area contributed by atoms with Gasteiger partial charge in [0.15, 0.2) is 0 Å². The molecular weight excluding hydrogens is 467 g/mol. The minimum absolute atomic E-state index is 0. The fourth-order valence-corrected chi connectivity index (χ4v) is 6.37. The predicted molar refractivity (Wildman–Crippen MR) is 93.3 cm³/mol. The SMILES string of the molecule is O=C[PH](c1ccccc1)(c1ccccc1)c1ccccc1.[Ir]. The van der Waals surface area contributed by atoms with Crippen LogP contribution in [-0.4, -0.2) is 6.03 Å². The minimum atomic E-state index is -2.58. The molecular formula is C19H17IrOP.